The zero-order valence-electron chi connectivity index (χ0n) is 10.6. The molecule has 0 N–H and O–H groups in total. The van der Waals surface area contributed by atoms with Gasteiger partial charge in [0.15, 0.2) is 0 Å². The summed E-state index contributed by atoms with van der Waals surface area (Å²) in [5.74, 6) is 1.49. The molecule has 0 saturated carbocycles. The second-order valence-corrected chi connectivity index (χ2v) is 4.02. The maximum atomic E-state index is 8.73. The molecule has 4 heteroatoms. The van der Waals surface area contributed by atoms with Crippen molar-refractivity contribution in [3.8, 4) is 23.6 Å². The third kappa shape index (κ3) is 3.99. The van der Waals surface area contributed by atoms with E-state index >= 15 is 0 Å². The van der Waals surface area contributed by atoms with Gasteiger partial charge in [-0.15, -0.1) is 0 Å². The van der Waals surface area contributed by atoms with E-state index < -0.39 is 0 Å². The monoisotopic (exact) mass is 244 g/mol. The van der Waals surface area contributed by atoms with Gasteiger partial charge in [-0.2, -0.15) is 10.5 Å². The Hall–Kier alpha value is -2.20. The molecule has 0 unspecified atom stereocenters. The van der Waals surface area contributed by atoms with Crippen LogP contribution in [-0.4, -0.2) is 14.2 Å². The number of rotatable bonds is 6. The fourth-order valence-corrected chi connectivity index (χ4v) is 1.79. The minimum absolute atomic E-state index is 0.0526. The molecule has 94 valence electrons. The molecule has 0 aromatic heterocycles. The number of nitriles is 2. The maximum Gasteiger partial charge on any atom is 0.122 e. The van der Waals surface area contributed by atoms with Crippen LogP contribution in [0.25, 0.3) is 0 Å². The number of ether oxygens (including phenoxy) is 2. The lowest BCUT2D eigenvalue weighted by molar-refractivity contribution is 0.392. The first-order valence-corrected chi connectivity index (χ1v) is 5.69. The summed E-state index contributed by atoms with van der Waals surface area (Å²) >= 11 is 0. The van der Waals surface area contributed by atoms with Crippen LogP contribution in [-0.2, 0) is 6.42 Å². The van der Waals surface area contributed by atoms with Crippen LogP contribution in [0.3, 0.4) is 0 Å². The molecule has 1 aromatic carbocycles. The Bertz CT molecular complexity index is 433. The average molecular weight is 244 g/mol. The molecule has 0 atom stereocenters. The smallest absolute Gasteiger partial charge is 0.122 e. The summed E-state index contributed by atoms with van der Waals surface area (Å²) < 4.78 is 10.4. The normalized spacial score (nSPS) is 9.61. The summed E-state index contributed by atoms with van der Waals surface area (Å²) in [5, 5.41) is 17.5. The Morgan fingerprint density at radius 2 is 1.50 bits per heavy atom. The van der Waals surface area contributed by atoms with Crippen LogP contribution >= 0.6 is 0 Å². The highest BCUT2D eigenvalue weighted by Crippen LogP contribution is 2.25. The van der Waals surface area contributed by atoms with Crippen LogP contribution in [0.15, 0.2) is 18.2 Å². The molecule has 0 heterocycles. The highest BCUT2D eigenvalue weighted by atomic mass is 16.5. The van der Waals surface area contributed by atoms with E-state index in [0.717, 1.165) is 17.1 Å². The van der Waals surface area contributed by atoms with E-state index in [4.69, 9.17) is 20.0 Å². The van der Waals surface area contributed by atoms with Gasteiger partial charge in [-0.25, -0.2) is 0 Å². The van der Waals surface area contributed by atoms with Gasteiger partial charge in [-0.05, 0) is 30.0 Å². The molecule has 0 aliphatic heterocycles. The Morgan fingerprint density at radius 1 is 1.00 bits per heavy atom. The fraction of sp³-hybridized carbons (Fsp3) is 0.429. The topological polar surface area (TPSA) is 66.0 Å². The first-order valence-electron chi connectivity index (χ1n) is 5.69. The zero-order chi connectivity index (χ0) is 13.4. The molecule has 0 amide bonds. The summed E-state index contributed by atoms with van der Waals surface area (Å²) in [6.45, 7) is 0. The van der Waals surface area contributed by atoms with Crippen molar-refractivity contribution in [3.63, 3.8) is 0 Å². The van der Waals surface area contributed by atoms with E-state index in [2.05, 4.69) is 12.1 Å². The minimum Gasteiger partial charge on any atom is -0.497 e. The van der Waals surface area contributed by atoms with Gasteiger partial charge >= 0.3 is 0 Å². The third-order valence-corrected chi connectivity index (χ3v) is 2.70. The predicted molar refractivity (Wildman–Crippen MR) is 67.2 cm³/mol. The van der Waals surface area contributed by atoms with E-state index in [1.165, 1.54) is 0 Å². The van der Waals surface area contributed by atoms with Gasteiger partial charge < -0.3 is 9.47 Å². The molecule has 4 nitrogen and oxygen atoms in total. The Kier molecular flexibility index (Phi) is 5.54. The Balaban J connectivity index is 2.88. The number of nitrogens with zero attached hydrogens (tertiary/aromatic N) is 2. The van der Waals surface area contributed by atoms with Crippen LogP contribution in [0.5, 0.6) is 11.5 Å². The van der Waals surface area contributed by atoms with Gasteiger partial charge in [0.05, 0.1) is 26.4 Å². The lowest BCUT2D eigenvalue weighted by Crippen LogP contribution is -2.03. The SMILES string of the molecule is COc1cc(CC(CC#N)CC#N)cc(OC)c1. The molecule has 0 saturated heterocycles. The first kappa shape index (κ1) is 13.9. The van der Waals surface area contributed by atoms with Crippen molar-refractivity contribution < 1.29 is 9.47 Å². The van der Waals surface area contributed by atoms with Gasteiger partial charge in [0, 0.05) is 18.9 Å². The first-order chi connectivity index (χ1) is 8.73. The van der Waals surface area contributed by atoms with Gasteiger partial charge in [-0.3, -0.25) is 0 Å². The van der Waals surface area contributed by atoms with Gasteiger partial charge in [0.2, 0.25) is 0 Å². The van der Waals surface area contributed by atoms with Gasteiger partial charge in [0.25, 0.3) is 0 Å². The molecule has 0 bridgehead atoms. The Morgan fingerprint density at radius 3 is 1.89 bits per heavy atom. The zero-order valence-corrected chi connectivity index (χ0v) is 10.6. The average Bonchev–Trinajstić information content (AvgIpc) is 2.38. The molecule has 0 spiro atoms. The molecule has 0 aliphatic rings. The van der Waals surface area contributed by atoms with Crippen LogP contribution < -0.4 is 9.47 Å². The number of hydrogen-bond acceptors (Lipinski definition) is 4. The molecule has 18 heavy (non-hydrogen) atoms. The minimum atomic E-state index is 0.0526. The van der Waals surface area contributed by atoms with E-state index in [1.54, 1.807) is 20.3 Å². The molecule has 0 radical (unpaired) electrons. The number of methoxy groups -OCH3 is 2. The van der Waals surface area contributed by atoms with Crippen molar-refractivity contribution in [2.45, 2.75) is 19.3 Å². The van der Waals surface area contributed by atoms with Crippen molar-refractivity contribution in [1.29, 1.82) is 10.5 Å². The summed E-state index contributed by atoms with van der Waals surface area (Å²) in [6, 6.07) is 9.85. The fourth-order valence-electron chi connectivity index (χ4n) is 1.79. The second kappa shape index (κ2) is 7.19. The van der Waals surface area contributed by atoms with E-state index in [-0.39, 0.29) is 5.92 Å². The standard InChI is InChI=1S/C14H16N2O2/c1-17-13-8-12(9-14(10-13)18-2)7-11(3-5-15)4-6-16/h8-11H,3-4,7H2,1-2H3. The van der Waals surface area contributed by atoms with Crippen LogP contribution in [0.4, 0.5) is 0 Å². The molecule has 1 rings (SSSR count). The second-order valence-electron chi connectivity index (χ2n) is 4.02. The summed E-state index contributed by atoms with van der Waals surface area (Å²) in [7, 11) is 3.20. The molecular formula is C14H16N2O2. The maximum absolute atomic E-state index is 8.73. The highest BCUT2D eigenvalue weighted by molar-refractivity contribution is 5.38. The van der Waals surface area contributed by atoms with Gasteiger partial charge in [0.1, 0.15) is 11.5 Å². The molecule has 0 aliphatic carbocycles. The third-order valence-electron chi connectivity index (χ3n) is 2.70. The van der Waals surface area contributed by atoms with E-state index in [9.17, 15) is 0 Å². The number of hydrogen-bond donors (Lipinski definition) is 0. The molecule has 0 fully saturated rings. The Labute approximate surface area is 107 Å². The van der Waals surface area contributed by atoms with E-state index in [1.807, 2.05) is 12.1 Å². The number of benzene rings is 1. The van der Waals surface area contributed by atoms with Crippen molar-refractivity contribution in [2.75, 3.05) is 14.2 Å². The quantitative estimate of drug-likeness (QED) is 0.771. The van der Waals surface area contributed by atoms with Crippen LogP contribution in [0, 0.1) is 28.6 Å². The van der Waals surface area contributed by atoms with Crippen molar-refractivity contribution in [2.24, 2.45) is 5.92 Å². The van der Waals surface area contributed by atoms with Crippen LogP contribution in [0.2, 0.25) is 0 Å². The summed E-state index contributed by atoms with van der Waals surface area (Å²) in [6.07, 6.45) is 1.44. The summed E-state index contributed by atoms with van der Waals surface area (Å²) in [5.41, 5.74) is 1.02. The highest BCUT2D eigenvalue weighted by Gasteiger charge is 2.11. The lowest BCUT2D eigenvalue weighted by Gasteiger charge is -2.12. The predicted octanol–water partition coefficient (Wildman–Crippen LogP) is 2.69. The molecular weight excluding hydrogens is 228 g/mol. The molecule has 1 aromatic rings. The van der Waals surface area contributed by atoms with Crippen molar-refractivity contribution in [3.05, 3.63) is 23.8 Å². The van der Waals surface area contributed by atoms with Crippen LogP contribution in [0.1, 0.15) is 18.4 Å². The van der Waals surface area contributed by atoms with E-state index in [0.29, 0.717) is 19.3 Å². The lowest BCUT2D eigenvalue weighted by atomic mass is 9.94. The van der Waals surface area contributed by atoms with Gasteiger partial charge in [-0.1, -0.05) is 0 Å². The summed E-state index contributed by atoms with van der Waals surface area (Å²) in [4.78, 5) is 0. The van der Waals surface area contributed by atoms with Crippen molar-refractivity contribution in [1.82, 2.24) is 0 Å². The van der Waals surface area contributed by atoms with Crippen molar-refractivity contribution >= 4 is 0 Å². The largest absolute Gasteiger partial charge is 0.497 e.